The SMILES string of the molecule is CCCC1CCC(O)C(N2CCC(C(C)C)CC2)C1. The van der Waals surface area contributed by atoms with Gasteiger partial charge in [0.25, 0.3) is 0 Å². The molecule has 0 radical (unpaired) electrons. The Morgan fingerprint density at radius 3 is 2.37 bits per heavy atom. The maximum atomic E-state index is 10.3. The largest absolute Gasteiger partial charge is 0.391 e. The van der Waals surface area contributed by atoms with Gasteiger partial charge in [-0.3, -0.25) is 4.90 Å². The lowest BCUT2D eigenvalue weighted by Crippen LogP contribution is -2.50. The third-order valence-corrected chi connectivity index (χ3v) is 5.57. The molecule has 2 nitrogen and oxygen atoms in total. The number of rotatable bonds is 4. The topological polar surface area (TPSA) is 23.5 Å². The van der Waals surface area contributed by atoms with Crippen molar-refractivity contribution >= 4 is 0 Å². The van der Waals surface area contributed by atoms with Gasteiger partial charge in [-0.1, -0.05) is 33.6 Å². The highest BCUT2D eigenvalue weighted by Gasteiger charge is 2.35. The Bertz CT molecular complexity index is 258. The van der Waals surface area contributed by atoms with Gasteiger partial charge < -0.3 is 5.11 Å². The van der Waals surface area contributed by atoms with E-state index in [-0.39, 0.29) is 6.10 Å². The lowest BCUT2D eigenvalue weighted by Gasteiger charge is -2.44. The predicted octanol–water partition coefficient (Wildman–Crippen LogP) is 3.68. The molecule has 112 valence electrons. The van der Waals surface area contributed by atoms with Gasteiger partial charge >= 0.3 is 0 Å². The molecule has 3 unspecified atom stereocenters. The van der Waals surface area contributed by atoms with E-state index in [1.54, 1.807) is 0 Å². The van der Waals surface area contributed by atoms with Gasteiger partial charge in [0, 0.05) is 6.04 Å². The summed E-state index contributed by atoms with van der Waals surface area (Å²) in [5.41, 5.74) is 0. The summed E-state index contributed by atoms with van der Waals surface area (Å²) >= 11 is 0. The van der Waals surface area contributed by atoms with Crippen LogP contribution in [-0.4, -0.2) is 35.2 Å². The van der Waals surface area contributed by atoms with Crippen molar-refractivity contribution in [3.05, 3.63) is 0 Å². The summed E-state index contributed by atoms with van der Waals surface area (Å²) in [6.07, 6.45) is 8.76. The summed E-state index contributed by atoms with van der Waals surface area (Å²) in [5, 5.41) is 10.3. The number of hydrogen-bond donors (Lipinski definition) is 1. The van der Waals surface area contributed by atoms with Crippen LogP contribution in [0.5, 0.6) is 0 Å². The van der Waals surface area contributed by atoms with Gasteiger partial charge in [0.2, 0.25) is 0 Å². The average molecular weight is 267 g/mol. The van der Waals surface area contributed by atoms with Gasteiger partial charge in [-0.25, -0.2) is 0 Å². The molecule has 2 fully saturated rings. The highest BCUT2D eigenvalue weighted by molar-refractivity contribution is 4.89. The molecule has 1 saturated heterocycles. The van der Waals surface area contributed by atoms with Crippen molar-refractivity contribution in [2.75, 3.05) is 13.1 Å². The van der Waals surface area contributed by atoms with Crippen LogP contribution in [0.25, 0.3) is 0 Å². The second-order valence-electron chi connectivity index (χ2n) is 7.22. The van der Waals surface area contributed by atoms with Crippen LogP contribution < -0.4 is 0 Å². The third-order valence-electron chi connectivity index (χ3n) is 5.57. The van der Waals surface area contributed by atoms with E-state index < -0.39 is 0 Å². The molecule has 0 aromatic heterocycles. The zero-order chi connectivity index (χ0) is 13.8. The monoisotopic (exact) mass is 267 g/mol. The normalized spacial score (nSPS) is 34.9. The predicted molar refractivity (Wildman–Crippen MR) is 81.2 cm³/mol. The first-order valence-electron chi connectivity index (χ1n) is 8.54. The van der Waals surface area contributed by atoms with Crippen molar-refractivity contribution in [2.45, 2.75) is 77.9 Å². The van der Waals surface area contributed by atoms with Gasteiger partial charge in [0.15, 0.2) is 0 Å². The first-order chi connectivity index (χ1) is 9.11. The molecule has 1 saturated carbocycles. The zero-order valence-corrected chi connectivity index (χ0v) is 13.1. The van der Waals surface area contributed by atoms with E-state index in [9.17, 15) is 5.11 Å². The third kappa shape index (κ3) is 3.95. The number of nitrogens with zero attached hydrogens (tertiary/aromatic N) is 1. The second-order valence-corrected chi connectivity index (χ2v) is 7.22. The second kappa shape index (κ2) is 7.08. The average Bonchev–Trinajstić information content (AvgIpc) is 2.41. The number of hydrogen-bond acceptors (Lipinski definition) is 2. The quantitative estimate of drug-likeness (QED) is 0.840. The van der Waals surface area contributed by atoms with Crippen LogP contribution >= 0.6 is 0 Å². The molecule has 0 bridgehead atoms. The number of aliphatic hydroxyl groups excluding tert-OH is 1. The van der Waals surface area contributed by atoms with Crippen LogP contribution in [0.15, 0.2) is 0 Å². The van der Waals surface area contributed by atoms with Gasteiger partial charge in [0.05, 0.1) is 6.10 Å². The highest BCUT2D eigenvalue weighted by atomic mass is 16.3. The van der Waals surface area contributed by atoms with Crippen LogP contribution in [0.2, 0.25) is 0 Å². The summed E-state index contributed by atoms with van der Waals surface area (Å²) in [7, 11) is 0. The molecule has 0 spiro atoms. The Morgan fingerprint density at radius 2 is 1.79 bits per heavy atom. The number of piperidine rings is 1. The lowest BCUT2D eigenvalue weighted by molar-refractivity contribution is -0.0150. The van der Waals surface area contributed by atoms with E-state index in [0.717, 1.165) is 24.2 Å². The molecule has 0 amide bonds. The van der Waals surface area contributed by atoms with Crippen molar-refractivity contribution in [2.24, 2.45) is 17.8 Å². The minimum Gasteiger partial charge on any atom is -0.391 e. The molecule has 0 aromatic carbocycles. The van der Waals surface area contributed by atoms with E-state index in [2.05, 4.69) is 25.7 Å². The molecule has 3 atom stereocenters. The van der Waals surface area contributed by atoms with E-state index in [0.29, 0.717) is 6.04 Å². The molecule has 1 aliphatic heterocycles. The Kier molecular flexibility index (Phi) is 5.70. The van der Waals surface area contributed by atoms with Gasteiger partial charge in [0.1, 0.15) is 0 Å². The molecule has 1 aliphatic carbocycles. The van der Waals surface area contributed by atoms with E-state index in [4.69, 9.17) is 0 Å². The fourth-order valence-electron chi connectivity index (χ4n) is 4.20. The molecule has 2 rings (SSSR count). The van der Waals surface area contributed by atoms with Crippen LogP contribution in [0.1, 0.15) is 65.7 Å². The standard InChI is InChI=1S/C17H33NO/c1-4-5-14-6-7-17(19)16(12-14)18-10-8-15(9-11-18)13(2)3/h13-17,19H,4-12H2,1-3H3. The fourth-order valence-corrected chi connectivity index (χ4v) is 4.20. The summed E-state index contributed by atoms with van der Waals surface area (Å²) in [4.78, 5) is 2.60. The molecule has 0 aromatic rings. The van der Waals surface area contributed by atoms with Crippen LogP contribution in [0.3, 0.4) is 0 Å². The van der Waals surface area contributed by atoms with Gasteiger partial charge in [-0.2, -0.15) is 0 Å². The summed E-state index contributed by atoms with van der Waals surface area (Å²) in [6.45, 7) is 9.42. The molecular formula is C17H33NO. The summed E-state index contributed by atoms with van der Waals surface area (Å²) in [6, 6.07) is 0.457. The molecule has 1 N–H and O–H groups in total. The first-order valence-corrected chi connectivity index (χ1v) is 8.54. The maximum absolute atomic E-state index is 10.3. The Morgan fingerprint density at radius 1 is 1.11 bits per heavy atom. The van der Waals surface area contributed by atoms with Crippen molar-refractivity contribution in [1.82, 2.24) is 4.90 Å². The Hall–Kier alpha value is -0.0800. The Balaban J connectivity index is 1.86. The van der Waals surface area contributed by atoms with E-state index >= 15 is 0 Å². The summed E-state index contributed by atoms with van der Waals surface area (Å²) < 4.78 is 0. The van der Waals surface area contributed by atoms with Gasteiger partial charge in [-0.05, 0) is 62.9 Å². The van der Waals surface area contributed by atoms with Crippen LogP contribution in [-0.2, 0) is 0 Å². The molecular weight excluding hydrogens is 234 g/mol. The molecule has 1 heterocycles. The smallest absolute Gasteiger partial charge is 0.0695 e. The fraction of sp³-hybridized carbons (Fsp3) is 1.00. The Labute approximate surface area is 119 Å². The van der Waals surface area contributed by atoms with Gasteiger partial charge in [-0.15, -0.1) is 0 Å². The minimum atomic E-state index is -0.0660. The number of likely N-dealkylation sites (tertiary alicyclic amines) is 1. The van der Waals surface area contributed by atoms with Crippen molar-refractivity contribution < 1.29 is 5.11 Å². The van der Waals surface area contributed by atoms with E-state index in [1.807, 2.05) is 0 Å². The minimum absolute atomic E-state index is 0.0660. The van der Waals surface area contributed by atoms with Crippen LogP contribution in [0.4, 0.5) is 0 Å². The maximum Gasteiger partial charge on any atom is 0.0695 e. The molecule has 19 heavy (non-hydrogen) atoms. The summed E-state index contributed by atoms with van der Waals surface area (Å²) in [5.74, 6) is 2.59. The van der Waals surface area contributed by atoms with Crippen LogP contribution in [0, 0.1) is 17.8 Å². The molecule has 2 aliphatic rings. The van der Waals surface area contributed by atoms with Crippen molar-refractivity contribution in [1.29, 1.82) is 0 Å². The van der Waals surface area contributed by atoms with Crippen molar-refractivity contribution in [3.8, 4) is 0 Å². The first kappa shape index (κ1) is 15.3. The highest BCUT2D eigenvalue weighted by Crippen LogP contribution is 2.34. The molecule has 2 heteroatoms. The zero-order valence-electron chi connectivity index (χ0n) is 13.1. The lowest BCUT2D eigenvalue weighted by atomic mass is 9.79. The van der Waals surface area contributed by atoms with E-state index in [1.165, 1.54) is 51.6 Å². The number of aliphatic hydroxyl groups is 1. The van der Waals surface area contributed by atoms with Crippen molar-refractivity contribution in [3.63, 3.8) is 0 Å².